The van der Waals surface area contributed by atoms with E-state index in [1.54, 1.807) is 0 Å². The zero-order valence-electron chi connectivity index (χ0n) is 11.8. The Morgan fingerprint density at radius 1 is 1.05 bits per heavy atom. The third kappa shape index (κ3) is 4.03. The average Bonchev–Trinajstić information content (AvgIpc) is 2.56. The zero-order chi connectivity index (χ0) is 15.9. The molecule has 0 saturated carbocycles. The zero-order valence-corrected chi connectivity index (χ0v) is 12.6. The molecule has 114 valence electrons. The average molecular weight is 315 g/mol. The first-order valence-corrected chi connectivity index (χ1v) is 7.57. The van der Waals surface area contributed by atoms with E-state index in [9.17, 15) is 4.79 Å². The molecule has 2 rings (SSSR count). The van der Waals surface area contributed by atoms with Crippen LogP contribution in [0.1, 0.15) is 5.56 Å². The van der Waals surface area contributed by atoms with E-state index >= 15 is 0 Å². The van der Waals surface area contributed by atoms with Gasteiger partial charge in [-0.2, -0.15) is 0 Å². The summed E-state index contributed by atoms with van der Waals surface area (Å²) in [6.07, 6.45) is 0. The standard InChI is InChI=1S/C16H17N3O2S/c17-14(16(20)21)15(19-18)22-10-11-6-8-13(9-7-11)12-4-2-1-3-5-12/h1-9,19H,10,17-18H2,(H,20,21)/b15-14+. The molecule has 0 aliphatic rings. The summed E-state index contributed by atoms with van der Waals surface area (Å²) >= 11 is 1.25. The third-order valence-electron chi connectivity index (χ3n) is 3.05. The molecule has 5 nitrogen and oxygen atoms in total. The minimum atomic E-state index is -1.19. The predicted octanol–water partition coefficient (Wildman–Crippen LogP) is 2.26. The normalized spacial score (nSPS) is 11.7. The van der Waals surface area contributed by atoms with Crippen molar-refractivity contribution in [2.45, 2.75) is 5.75 Å². The van der Waals surface area contributed by atoms with Crippen LogP contribution in [-0.4, -0.2) is 11.1 Å². The Morgan fingerprint density at radius 2 is 1.64 bits per heavy atom. The number of thioether (sulfide) groups is 1. The molecule has 22 heavy (non-hydrogen) atoms. The second-order valence-electron chi connectivity index (χ2n) is 4.54. The monoisotopic (exact) mass is 315 g/mol. The molecule has 0 amide bonds. The van der Waals surface area contributed by atoms with Gasteiger partial charge in [0.25, 0.3) is 0 Å². The summed E-state index contributed by atoms with van der Waals surface area (Å²) in [4.78, 5) is 10.8. The summed E-state index contributed by atoms with van der Waals surface area (Å²) in [6.45, 7) is 0. The van der Waals surface area contributed by atoms with Gasteiger partial charge in [-0.15, -0.1) is 11.8 Å². The lowest BCUT2D eigenvalue weighted by Gasteiger charge is -2.09. The summed E-state index contributed by atoms with van der Waals surface area (Å²) < 4.78 is 0. The highest BCUT2D eigenvalue weighted by atomic mass is 32.2. The van der Waals surface area contributed by atoms with Crippen LogP contribution in [0.25, 0.3) is 11.1 Å². The van der Waals surface area contributed by atoms with Crippen molar-refractivity contribution in [1.29, 1.82) is 0 Å². The van der Waals surface area contributed by atoms with Crippen molar-refractivity contribution >= 4 is 17.7 Å². The molecule has 0 atom stereocenters. The van der Waals surface area contributed by atoms with Gasteiger partial charge in [-0.25, -0.2) is 10.6 Å². The van der Waals surface area contributed by atoms with Crippen LogP contribution in [-0.2, 0) is 10.5 Å². The van der Waals surface area contributed by atoms with Crippen LogP contribution < -0.4 is 17.0 Å². The van der Waals surface area contributed by atoms with E-state index in [4.69, 9.17) is 16.7 Å². The molecule has 0 spiro atoms. The number of hydrazine groups is 1. The molecule has 0 heterocycles. The van der Waals surface area contributed by atoms with Crippen molar-refractivity contribution in [3.05, 3.63) is 70.9 Å². The number of hydrogen-bond acceptors (Lipinski definition) is 5. The van der Waals surface area contributed by atoms with Crippen molar-refractivity contribution in [1.82, 2.24) is 5.43 Å². The fraction of sp³-hybridized carbons (Fsp3) is 0.0625. The van der Waals surface area contributed by atoms with E-state index in [1.165, 1.54) is 11.8 Å². The molecule has 0 aliphatic heterocycles. The number of rotatable bonds is 6. The lowest BCUT2D eigenvalue weighted by molar-refractivity contribution is -0.132. The van der Waals surface area contributed by atoms with Crippen molar-refractivity contribution in [2.75, 3.05) is 0 Å². The van der Waals surface area contributed by atoms with Crippen molar-refractivity contribution in [2.24, 2.45) is 11.6 Å². The van der Waals surface area contributed by atoms with Crippen LogP contribution in [0.5, 0.6) is 0 Å². The smallest absolute Gasteiger partial charge is 0.354 e. The molecule has 0 fully saturated rings. The molecule has 2 aromatic rings. The first kappa shape index (κ1) is 15.9. The molecule has 0 aliphatic carbocycles. The minimum absolute atomic E-state index is 0.250. The van der Waals surface area contributed by atoms with Gasteiger partial charge in [0.15, 0.2) is 0 Å². The molecule has 6 N–H and O–H groups in total. The molecule has 0 aromatic heterocycles. The van der Waals surface area contributed by atoms with Gasteiger partial charge in [0.05, 0.1) is 0 Å². The number of carboxylic acids is 1. The van der Waals surface area contributed by atoms with E-state index in [-0.39, 0.29) is 10.7 Å². The highest BCUT2D eigenvalue weighted by Crippen LogP contribution is 2.23. The maximum atomic E-state index is 10.8. The van der Waals surface area contributed by atoms with E-state index in [2.05, 4.69) is 17.6 Å². The maximum absolute atomic E-state index is 10.8. The Balaban J connectivity index is 2.06. The second kappa shape index (κ2) is 7.53. The Hall–Kier alpha value is -2.44. The second-order valence-corrected chi connectivity index (χ2v) is 5.53. The lowest BCUT2D eigenvalue weighted by Crippen LogP contribution is -2.26. The first-order chi connectivity index (χ1) is 10.6. The maximum Gasteiger partial charge on any atom is 0.354 e. The summed E-state index contributed by atoms with van der Waals surface area (Å²) in [7, 11) is 0. The van der Waals surface area contributed by atoms with Gasteiger partial charge in [-0.05, 0) is 16.7 Å². The number of aliphatic carboxylic acids is 1. The first-order valence-electron chi connectivity index (χ1n) is 6.58. The minimum Gasteiger partial charge on any atom is -0.477 e. The highest BCUT2D eigenvalue weighted by molar-refractivity contribution is 8.02. The Kier molecular flexibility index (Phi) is 5.46. The van der Waals surface area contributed by atoms with Gasteiger partial charge >= 0.3 is 5.97 Å². The molecule has 2 aromatic carbocycles. The number of carboxylic acid groups (broad SMARTS) is 1. The number of carbonyl (C=O) groups is 1. The van der Waals surface area contributed by atoms with Crippen LogP contribution in [0.15, 0.2) is 65.3 Å². The van der Waals surface area contributed by atoms with E-state index < -0.39 is 5.97 Å². The highest BCUT2D eigenvalue weighted by Gasteiger charge is 2.10. The van der Waals surface area contributed by atoms with E-state index in [0.717, 1.165) is 16.7 Å². The van der Waals surface area contributed by atoms with Crippen molar-refractivity contribution < 1.29 is 9.90 Å². The largest absolute Gasteiger partial charge is 0.477 e. The predicted molar refractivity (Wildman–Crippen MR) is 89.3 cm³/mol. The van der Waals surface area contributed by atoms with Crippen LogP contribution in [0.4, 0.5) is 0 Å². The summed E-state index contributed by atoms with van der Waals surface area (Å²) in [5, 5.41) is 9.10. The van der Waals surface area contributed by atoms with E-state index in [0.29, 0.717) is 5.75 Å². The van der Waals surface area contributed by atoms with Crippen LogP contribution >= 0.6 is 11.8 Å². The molecular weight excluding hydrogens is 298 g/mol. The molecular formula is C16H17N3O2S. The SMILES string of the molecule is NN/C(SCc1ccc(-c2ccccc2)cc1)=C(\N)C(=O)O. The summed E-state index contributed by atoms with van der Waals surface area (Å²) in [6, 6.07) is 18.1. The van der Waals surface area contributed by atoms with Gasteiger partial charge in [0, 0.05) is 5.75 Å². The van der Waals surface area contributed by atoms with E-state index in [1.807, 2.05) is 42.5 Å². The molecule has 0 bridgehead atoms. The lowest BCUT2D eigenvalue weighted by atomic mass is 10.0. The van der Waals surface area contributed by atoms with Gasteiger partial charge in [0.2, 0.25) is 0 Å². The molecule has 0 saturated heterocycles. The Bertz CT molecular complexity index is 670. The third-order valence-corrected chi connectivity index (χ3v) is 4.15. The summed E-state index contributed by atoms with van der Waals surface area (Å²) in [5.74, 6) is 4.68. The van der Waals surface area contributed by atoms with Crippen molar-refractivity contribution in [3.63, 3.8) is 0 Å². The Morgan fingerprint density at radius 3 is 2.18 bits per heavy atom. The molecule has 0 radical (unpaired) electrons. The van der Waals surface area contributed by atoms with Gasteiger partial charge in [-0.1, -0.05) is 54.6 Å². The van der Waals surface area contributed by atoms with Crippen molar-refractivity contribution in [3.8, 4) is 11.1 Å². The van der Waals surface area contributed by atoms with Crippen LogP contribution in [0, 0.1) is 0 Å². The van der Waals surface area contributed by atoms with Crippen LogP contribution in [0.3, 0.4) is 0 Å². The quantitative estimate of drug-likeness (QED) is 0.370. The number of benzene rings is 2. The van der Waals surface area contributed by atoms with Gasteiger partial charge < -0.3 is 16.3 Å². The topological polar surface area (TPSA) is 101 Å². The molecule has 6 heteroatoms. The number of hydrogen-bond donors (Lipinski definition) is 4. The Labute approximate surface area is 133 Å². The van der Waals surface area contributed by atoms with Crippen LogP contribution in [0.2, 0.25) is 0 Å². The number of nitrogens with one attached hydrogen (secondary N) is 1. The fourth-order valence-electron chi connectivity index (χ4n) is 1.87. The molecule has 0 unspecified atom stereocenters. The summed E-state index contributed by atoms with van der Waals surface area (Å²) in [5.41, 5.74) is 10.8. The number of nitrogens with two attached hydrogens (primary N) is 2. The van der Waals surface area contributed by atoms with Gasteiger partial charge in [-0.3, -0.25) is 0 Å². The van der Waals surface area contributed by atoms with Gasteiger partial charge in [0.1, 0.15) is 10.7 Å². The fourth-order valence-corrected chi connectivity index (χ4v) is 2.70.